The highest BCUT2D eigenvalue weighted by Crippen LogP contribution is 2.47. The van der Waals surface area contributed by atoms with Gasteiger partial charge in [-0.25, -0.2) is 4.98 Å². The number of nitriles is 1. The fraction of sp³-hybridized carbons (Fsp3) is 0.0833. The Kier molecular flexibility index (Phi) is 3.94. The van der Waals surface area contributed by atoms with E-state index in [1.54, 1.807) is 0 Å². The number of benzene rings is 3. The largest absolute Gasteiger partial charge is 0.440 e. The fourth-order valence-corrected chi connectivity index (χ4v) is 4.30. The van der Waals surface area contributed by atoms with E-state index in [0.717, 1.165) is 38.4 Å². The molecule has 0 saturated carbocycles. The maximum atomic E-state index is 9.91. The number of aromatic nitrogens is 1. The van der Waals surface area contributed by atoms with E-state index in [-0.39, 0.29) is 5.88 Å². The van der Waals surface area contributed by atoms with Gasteiger partial charge in [-0.05, 0) is 42.0 Å². The molecule has 0 amide bonds. The molecule has 0 bridgehead atoms. The number of halogens is 1. The lowest BCUT2D eigenvalue weighted by Crippen LogP contribution is -2.21. The van der Waals surface area contributed by atoms with Crippen molar-refractivity contribution in [2.24, 2.45) is 5.73 Å². The molecule has 1 atom stereocenters. The third-order valence-electron chi connectivity index (χ3n) is 5.38. The van der Waals surface area contributed by atoms with Gasteiger partial charge in [0.15, 0.2) is 0 Å². The average molecular weight is 398 g/mol. The molecule has 0 fully saturated rings. The summed E-state index contributed by atoms with van der Waals surface area (Å²) in [4.78, 5) is 4.59. The normalized spacial score (nSPS) is 15.8. The highest BCUT2D eigenvalue weighted by molar-refractivity contribution is 6.30. The quantitative estimate of drug-likeness (QED) is 0.426. The maximum absolute atomic E-state index is 9.91. The van der Waals surface area contributed by atoms with Gasteiger partial charge in [0.2, 0.25) is 5.88 Å². The molecule has 5 heteroatoms. The van der Waals surface area contributed by atoms with Crippen LogP contribution in [-0.2, 0) is 0 Å². The Morgan fingerprint density at radius 1 is 1.07 bits per heavy atom. The van der Waals surface area contributed by atoms with E-state index in [1.165, 1.54) is 0 Å². The molecule has 0 radical (unpaired) electrons. The molecular formula is C24H16ClN3O. The smallest absolute Gasteiger partial charge is 0.205 e. The summed E-state index contributed by atoms with van der Waals surface area (Å²) in [6.45, 7) is 2.03. The van der Waals surface area contributed by atoms with Gasteiger partial charge in [0.05, 0.1) is 11.4 Å². The Morgan fingerprint density at radius 3 is 2.72 bits per heavy atom. The third-order valence-corrected chi connectivity index (χ3v) is 5.68. The predicted molar refractivity (Wildman–Crippen MR) is 115 cm³/mol. The van der Waals surface area contributed by atoms with Crippen LogP contribution < -0.4 is 10.5 Å². The zero-order valence-corrected chi connectivity index (χ0v) is 16.4. The number of nitrogens with zero attached hydrogens (tertiary/aromatic N) is 2. The van der Waals surface area contributed by atoms with E-state index in [1.807, 2.05) is 61.5 Å². The summed E-state index contributed by atoms with van der Waals surface area (Å²) in [7, 11) is 0. The van der Waals surface area contributed by atoms with E-state index in [9.17, 15) is 5.26 Å². The van der Waals surface area contributed by atoms with Gasteiger partial charge in [-0.1, -0.05) is 53.6 Å². The van der Waals surface area contributed by atoms with Crippen LogP contribution in [0.25, 0.3) is 21.7 Å². The fourth-order valence-electron chi connectivity index (χ4n) is 4.04. The first kappa shape index (κ1) is 17.5. The van der Waals surface area contributed by atoms with E-state index < -0.39 is 5.92 Å². The summed E-state index contributed by atoms with van der Waals surface area (Å²) >= 11 is 6.64. The Labute approximate surface area is 172 Å². The summed E-state index contributed by atoms with van der Waals surface area (Å²) < 4.78 is 5.81. The van der Waals surface area contributed by atoms with Gasteiger partial charge in [0.1, 0.15) is 22.5 Å². The van der Waals surface area contributed by atoms with Crippen LogP contribution in [0.2, 0.25) is 5.15 Å². The van der Waals surface area contributed by atoms with Crippen molar-refractivity contribution >= 4 is 33.3 Å². The minimum atomic E-state index is -0.459. The summed E-state index contributed by atoms with van der Waals surface area (Å²) in [6, 6.07) is 22.1. The lowest BCUT2D eigenvalue weighted by molar-refractivity contribution is 0.395. The second-order valence-corrected chi connectivity index (χ2v) is 7.55. The van der Waals surface area contributed by atoms with Crippen LogP contribution in [0.1, 0.15) is 22.6 Å². The number of aryl methyl sites for hydroxylation is 1. The van der Waals surface area contributed by atoms with E-state index in [0.29, 0.717) is 16.5 Å². The molecule has 1 aliphatic heterocycles. The number of ether oxygens (including phenoxy) is 1. The zero-order valence-electron chi connectivity index (χ0n) is 15.6. The molecule has 3 aromatic carbocycles. The molecule has 1 aromatic heterocycles. The molecule has 0 spiro atoms. The first-order valence-corrected chi connectivity index (χ1v) is 9.60. The molecule has 0 saturated heterocycles. The molecule has 29 heavy (non-hydrogen) atoms. The minimum Gasteiger partial charge on any atom is -0.440 e. The predicted octanol–water partition coefficient (Wildman–Crippen LogP) is 5.57. The number of fused-ring (bicyclic) bond motifs is 4. The number of hydrogen-bond acceptors (Lipinski definition) is 4. The highest BCUT2D eigenvalue weighted by atomic mass is 35.5. The first-order valence-electron chi connectivity index (χ1n) is 9.23. The van der Waals surface area contributed by atoms with Crippen molar-refractivity contribution in [3.8, 4) is 11.8 Å². The zero-order chi connectivity index (χ0) is 20.1. The Morgan fingerprint density at radius 2 is 1.90 bits per heavy atom. The summed E-state index contributed by atoms with van der Waals surface area (Å²) in [5, 5.41) is 13.3. The Balaban J connectivity index is 1.87. The van der Waals surface area contributed by atoms with Crippen LogP contribution in [0.3, 0.4) is 0 Å². The standard InChI is InChI=1S/C24H16ClN3O/c1-13-6-8-19-15(10-13)11-17(23(25)28-19)21-18(12-26)24(27)29-20-9-7-14-4-2-3-5-16(14)22(20)21/h2-11,21H,27H2,1H3/t21-/m1/s1. The van der Waals surface area contributed by atoms with Crippen molar-refractivity contribution < 1.29 is 4.74 Å². The Bertz CT molecular complexity index is 1380. The minimum absolute atomic E-state index is 0.0979. The second kappa shape index (κ2) is 6.51. The molecule has 1 aliphatic rings. The monoisotopic (exact) mass is 397 g/mol. The molecule has 2 N–H and O–H groups in total. The van der Waals surface area contributed by atoms with Crippen LogP contribution >= 0.6 is 11.6 Å². The van der Waals surface area contributed by atoms with Gasteiger partial charge in [0, 0.05) is 16.5 Å². The van der Waals surface area contributed by atoms with Crippen molar-refractivity contribution in [1.82, 2.24) is 4.98 Å². The van der Waals surface area contributed by atoms with Gasteiger partial charge in [-0.15, -0.1) is 0 Å². The van der Waals surface area contributed by atoms with Crippen LogP contribution in [0, 0.1) is 18.3 Å². The van der Waals surface area contributed by atoms with Gasteiger partial charge in [-0.3, -0.25) is 0 Å². The van der Waals surface area contributed by atoms with Gasteiger partial charge >= 0.3 is 0 Å². The van der Waals surface area contributed by atoms with Crippen LogP contribution in [0.5, 0.6) is 5.75 Å². The molecule has 5 rings (SSSR count). The topological polar surface area (TPSA) is 71.9 Å². The maximum Gasteiger partial charge on any atom is 0.205 e. The van der Waals surface area contributed by atoms with Crippen molar-refractivity contribution in [1.29, 1.82) is 5.26 Å². The summed E-state index contributed by atoms with van der Waals surface area (Å²) in [5.74, 6) is 0.269. The second-order valence-electron chi connectivity index (χ2n) is 7.19. The number of allylic oxidation sites excluding steroid dienone is 1. The molecule has 2 heterocycles. The number of rotatable bonds is 1. The summed E-state index contributed by atoms with van der Waals surface area (Å²) in [6.07, 6.45) is 0. The van der Waals surface area contributed by atoms with Gasteiger partial charge in [-0.2, -0.15) is 5.26 Å². The number of nitrogens with two attached hydrogens (primary N) is 1. The lowest BCUT2D eigenvalue weighted by atomic mass is 9.81. The van der Waals surface area contributed by atoms with E-state index in [2.05, 4.69) is 17.1 Å². The molecule has 0 aliphatic carbocycles. The third kappa shape index (κ3) is 2.71. The lowest BCUT2D eigenvalue weighted by Gasteiger charge is -2.28. The van der Waals surface area contributed by atoms with Crippen molar-refractivity contribution in [2.45, 2.75) is 12.8 Å². The first-order chi connectivity index (χ1) is 14.1. The molecule has 0 unspecified atom stereocenters. The van der Waals surface area contributed by atoms with Crippen LogP contribution in [-0.4, -0.2) is 4.98 Å². The van der Waals surface area contributed by atoms with Crippen LogP contribution in [0.4, 0.5) is 0 Å². The number of hydrogen-bond donors (Lipinski definition) is 1. The molecule has 4 nitrogen and oxygen atoms in total. The van der Waals surface area contributed by atoms with Gasteiger partial charge < -0.3 is 10.5 Å². The van der Waals surface area contributed by atoms with E-state index >= 15 is 0 Å². The van der Waals surface area contributed by atoms with Crippen LogP contribution in [0.15, 0.2) is 72.1 Å². The molecule has 140 valence electrons. The molecule has 4 aromatic rings. The van der Waals surface area contributed by atoms with Crippen molar-refractivity contribution in [2.75, 3.05) is 0 Å². The molecular weight excluding hydrogens is 382 g/mol. The van der Waals surface area contributed by atoms with Crippen molar-refractivity contribution in [3.05, 3.63) is 94.0 Å². The summed E-state index contributed by atoms with van der Waals surface area (Å²) in [5.41, 5.74) is 10.0. The van der Waals surface area contributed by atoms with Crippen molar-refractivity contribution in [3.63, 3.8) is 0 Å². The highest BCUT2D eigenvalue weighted by Gasteiger charge is 2.34. The SMILES string of the molecule is Cc1ccc2nc(Cl)c([C@@H]3C(C#N)=C(N)Oc4ccc5ccccc5c43)cc2c1. The van der Waals surface area contributed by atoms with Gasteiger partial charge in [0.25, 0.3) is 0 Å². The average Bonchev–Trinajstić information content (AvgIpc) is 2.72. The number of pyridine rings is 1. The Hall–Kier alpha value is -3.55. The van der Waals surface area contributed by atoms with E-state index in [4.69, 9.17) is 22.1 Å².